The van der Waals surface area contributed by atoms with Crippen LogP contribution in [-0.2, 0) is 30.2 Å². The van der Waals surface area contributed by atoms with Crippen LogP contribution in [0.4, 0.5) is 0 Å². The van der Waals surface area contributed by atoms with Gasteiger partial charge in [0.05, 0.1) is 30.7 Å². The molecular weight excluding hydrogens is 268 g/mol. The molecule has 102 valence electrons. The maximum absolute atomic E-state index is 12.6. The van der Waals surface area contributed by atoms with Crippen LogP contribution in [0.3, 0.4) is 0 Å². The summed E-state index contributed by atoms with van der Waals surface area (Å²) < 4.78 is 29.8. The van der Waals surface area contributed by atoms with E-state index < -0.39 is 10.0 Å². The summed E-state index contributed by atoms with van der Waals surface area (Å²) in [6.45, 7) is 2.91. The fourth-order valence-corrected chi connectivity index (χ4v) is 3.83. The van der Waals surface area contributed by atoms with Gasteiger partial charge < -0.3 is 0 Å². The van der Waals surface area contributed by atoms with Gasteiger partial charge in [-0.3, -0.25) is 4.68 Å². The average molecular weight is 282 g/mol. The summed E-state index contributed by atoms with van der Waals surface area (Å²) in [4.78, 5) is 0.260. The van der Waals surface area contributed by atoms with Gasteiger partial charge in [-0.25, -0.2) is 13.1 Å². The van der Waals surface area contributed by atoms with E-state index in [1.807, 2.05) is 0 Å². The molecule has 0 fully saturated rings. The first-order chi connectivity index (χ1) is 8.98. The van der Waals surface area contributed by atoms with Crippen molar-refractivity contribution in [3.8, 4) is 0 Å². The molecule has 9 heteroatoms. The van der Waals surface area contributed by atoms with Crippen LogP contribution in [0.1, 0.15) is 11.4 Å². The zero-order valence-corrected chi connectivity index (χ0v) is 11.5. The third kappa shape index (κ3) is 1.94. The van der Waals surface area contributed by atoms with Crippen molar-refractivity contribution in [2.45, 2.75) is 24.9 Å². The highest BCUT2D eigenvalue weighted by atomic mass is 32.2. The van der Waals surface area contributed by atoms with E-state index in [2.05, 4.69) is 15.4 Å². The highest BCUT2D eigenvalue weighted by molar-refractivity contribution is 7.89. The lowest BCUT2D eigenvalue weighted by Gasteiger charge is -2.25. The highest BCUT2D eigenvalue weighted by Crippen LogP contribution is 2.22. The Balaban J connectivity index is 1.96. The average Bonchev–Trinajstić information content (AvgIpc) is 2.94. The van der Waals surface area contributed by atoms with Crippen molar-refractivity contribution in [2.75, 3.05) is 6.54 Å². The van der Waals surface area contributed by atoms with Crippen LogP contribution in [0.25, 0.3) is 0 Å². The van der Waals surface area contributed by atoms with E-state index in [1.165, 1.54) is 15.2 Å². The number of nitrogens with zero attached hydrogens (tertiary/aromatic N) is 6. The maximum atomic E-state index is 12.6. The summed E-state index contributed by atoms with van der Waals surface area (Å²) in [5.41, 5.74) is 1.32. The number of hydrogen-bond acceptors (Lipinski definition) is 5. The predicted octanol–water partition coefficient (Wildman–Crippen LogP) is -0.475. The Morgan fingerprint density at radius 3 is 2.79 bits per heavy atom. The van der Waals surface area contributed by atoms with Crippen LogP contribution in [-0.4, -0.2) is 44.0 Å². The molecule has 1 aliphatic rings. The SMILES string of the molecule is Cc1nn(C)cc1S(=O)(=O)N1CCn2nncc2C1. The van der Waals surface area contributed by atoms with Crippen LogP contribution in [0.15, 0.2) is 17.3 Å². The second-order valence-corrected chi connectivity index (χ2v) is 6.45. The number of hydrogen-bond donors (Lipinski definition) is 0. The van der Waals surface area contributed by atoms with Crippen LogP contribution in [0.5, 0.6) is 0 Å². The van der Waals surface area contributed by atoms with Gasteiger partial charge in [-0.05, 0) is 6.92 Å². The zero-order valence-electron chi connectivity index (χ0n) is 10.7. The van der Waals surface area contributed by atoms with Crippen LogP contribution < -0.4 is 0 Å². The summed E-state index contributed by atoms with van der Waals surface area (Å²) >= 11 is 0. The summed E-state index contributed by atoms with van der Waals surface area (Å²) in [6.07, 6.45) is 3.13. The van der Waals surface area contributed by atoms with Crippen molar-refractivity contribution in [1.82, 2.24) is 29.1 Å². The third-order valence-corrected chi connectivity index (χ3v) is 5.13. The van der Waals surface area contributed by atoms with E-state index in [0.717, 1.165) is 5.69 Å². The van der Waals surface area contributed by atoms with E-state index in [1.54, 1.807) is 24.9 Å². The molecule has 0 N–H and O–H groups in total. The molecule has 3 rings (SSSR count). The minimum absolute atomic E-state index is 0.260. The van der Waals surface area contributed by atoms with Crippen molar-refractivity contribution < 1.29 is 8.42 Å². The van der Waals surface area contributed by atoms with Gasteiger partial charge in [-0.2, -0.15) is 9.40 Å². The van der Waals surface area contributed by atoms with E-state index in [-0.39, 0.29) is 4.90 Å². The fourth-order valence-electron chi connectivity index (χ4n) is 2.23. The molecule has 0 atom stereocenters. The Hall–Kier alpha value is -1.74. The number of aryl methyl sites for hydroxylation is 2. The maximum Gasteiger partial charge on any atom is 0.246 e. The summed E-state index contributed by atoms with van der Waals surface area (Å²) in [7, 11) is -1.80. The Bertz CT molecular complexity index is 716. The second-order valence-electron chi connectivity index (χ2n) is 4.54. The van der Waals surface area contributed by atoms with E-state index in [0.29, 0.717) is 25.3 Å². The molecule has 0 aromatic carbocycles. The Morgan fingerprint density at radius 1 is 1.32 bits per heavy atom. The molecule has 2 aromatic heterocycles. The van der Waals surface area contributed by atoms with Gasteiger partial charge in [0.15, 0.2) is 0 Å². The molecule has 0 radical (unpaired) electrons. The van der Waals surface area contributed by atoms with Gasteiger partial charge in [0.25, 0.3) is 0 Å². The molecule has 3 heterocycles. The molecule has 0 saturated carbocycles. The molecule has 0 amide bonds. The Morgan fingerprint density at radius 2 is 2.11 bits per heavy atom. The molecule has 0 saturated heterocycles. The number of fused-ring (bicyclic) bond motifs is 1. The van der Waals surface area contributed by atoms with Crippen molar-refractivity contribution >= 4 is 10.0 Å². The second kappa shape index (κ2) is 4.14. The zero-order chi connectivity index (χ0) is 13.6. The minimum Gasteiger partial charge on any atom is -0.274 e. The highest BCUT2D eigenvalue weighted by Gasteiger charge is 2.31. The first-order valence-electron chi connectivity index (χ1n) is 5.86. The van der Waals surface area contributed by atoms with Gasteiger partial charge in [0, 0.05) is 19.8 Å². The van der Waals surface area contributed by atoms with E-state index >= 15 is 0 Å². The van der Waals surface area contributed by atoms with E-state index in [4.69, 9.17) is 0 Å². The topological polar surface area (TPSA) is 85.9 Å². The number of aromatic nitrogens is 5. The van der Waals surface area contributed by atoms with Gasteiger partial charge in [0.2, 0.25) is 10.0 Å². The Kier molecular flexibility index (Phi) is 2.68. The third-order valence-electron chi connectivity index (χ3n) is 3.18. The Labute approximate surface area is 110 Å². The van der Waals surface area contributed by atoms with Gasteiger partial charge in [-0.15, -0.1) is 5.10 Å². The van der Waals surface area contributed by atoms with Crippen molar-refractivity contribution in [3.05, 3.63) is 23.8 Å². The van der Waals surface area contributed by atoms with E-state index in [9.17, 15) is 8.42 Å². The minimum atomic E-state index is -3.51. The lowest BCUT2D eigenvalue weighted by atomic mass is 10.4. The largest absolute Gasteiger partial charge is 0.274 e. The van der Waals surface area contributed by atoms with Gasteiger partial charge in [-0.1, -0.05) is 5.21 Å². The van der Waals surface area contributed by atoms with Crippen LogP contribution in [0, 0.1) is 6.92 Å². The quantitative estimate of drug-likeness (QED) is 0.743. The van der Waals surface area contributed by atoms with Crippen LogP contribution in [0.2, 0.25) is 0 Å². The monoisotopic (exact) mass is 282 g/mol. The van der Waals surface area contributed by atoms with Crippen molar-refractivity contribution in [1.29, 1.82) is 0 Å². The van der Waals surface area contributed by atoms with Gasteiger partial charge in [0.1, 0.15) is 4.90 Å². The molecular formula is C10H14N6O2S. The summed E-state index contributed by atoms with van der Waals surface area (Å²) in [5, 5.41) is 11.8. The van der Waals surface area contributed by atoms with Gasteiger partial charge >= 0.3 is 0 Å². The van der Waals surface area contributed by atoms with Crippen molar-refractivity contribution in [3.63, 3.8) is 0 Å². The molecule has 1 aliphatic heterocycles. The molecule has 2 aromatic rings. The lowest BCUT2D eigenvalue weighted by Crippen LogP contribution is -2.38. The van der Waals surface area contributed by atoms with Crippen LogP contribution >= 0.6 is 0 Å². The molecule has 8 nitrogen and oxygen atoms in total. The normalized spacial score (nSPS) is 16.5. The first-order valence-corrected chi connectivity index (χ1v) is 7.30. The number of sulfonamides is 1. The molecule has 0 unspecified atom stereocenters. The summed E-state index contributed by atoms with van der Waals surface area (Å²) in [6, 6.07) is 0. The standard InChI is InChI=1S/C10H14N6O2S/c1-8-10(7-14(2)12-8)19(17,18)15-3-4-16-9(6-15)5-11-13-16/h5,7H,3-4,6H2,1-2H3. The smallest absolute Gasteiger partial charge is 0.246 e. The lowest BCUT2D eigenvalue weighted by molar-refractivity contribution is 0.324. The summed E-state index contributed by atoms with van der Waals surface area (Å²) in [5.74, 6) is 0. The van der Waals surface area contributed by atoms with Crippen molar-refractivity contribution in [2.24, 2.45) is 7.05 Å². The molecule has 0 bridgehead atoms. The molecule has 0 aliphatic carbocycles. The number of rotatable bonds is 2. The fraction of sp³-hybridized carbons (Fsp3) is 0.500. The predicted molar refractivity (Wildman–Crippen MR) is 65.6 cm³/mol. The first kappa shape index (κ1) is 12.3. The molecule has 19 heavy (non-hydrogen) atoms. The molecule has 0 spiro atoms.